The Hall–Kier alpha value is -3.73. The Labute approximate surface area is 166 Å². The molecule has 0 aliphatic carbocycles. The first-order valence-corrected chi connectivity index (χ1v) is 9.04. The van der Waals surface area contributed by atoms with Gasteiger partial charge >= 0.3 is 5.97 Å². The topological polar surface area (TPSA) is 56.5 Å². The van der Waals surface area contributed by atoms with Crippen molar-refractivity contribution in [2.75, 3.05) is 0 Å². The van der Waals surface area contributed by atoms with Gasteiger partial charge in [0.2, 0.25) is 11.2 Å². The maximum atomic E-state index is 13.1. The largest absolute Gasteiger partial charge is 0.452 e. The third kappa shape index (κ3) is 3.67. The number of esters is 1. The average molecular weight is 388 g/mol. The first-order valence-electron chi connectivity index (χ1n) is 9.04. The summed E-state index contributed by atoms with van der Waals surface area (Å²) in [6, 6.07) is 17.5. The minimum absolute atomic E-state index is 0.129. The van der Waals surface area contributed by atoms with Crippen molar-refractivity contribution in [1.82, 2.24) is 0 Å². The molecule has 0 bridgehead atoms. The van der Waals surface area contributed by atoms with Gasteiger partial charge in [-0.05, 0) is 55.8 Å². The number of carbonyl (C=O) groups is 1. The summed E-state index contributed by atoms with van der Waals surface area (Å²) in [4.78, 5) is 25.7. The molecule has 4 aromatic rings. The van der Waals surface area contributed by atoms with E-state index in [-0.39, 0.29) is 17.1 Å². The molecule has 0 unspecified atom stereocenters. The number of fused-ring (bicyclic) bond motifs is 1. The van der Waals surface area contributed by atoms with Gasteiger partial charge < -0.3 is 9.15 Å². The molecule has 0 radical (unpaired) electrons. The molecule has 0 N–H and O–H groups in total. The van der Waals surface area contributed by atoms with E-state index in [0.717, 1.165) is 23.3 Å². The third-order valence-corrected chi connectivity index (χ3v) is 4.59. The Morgan fingerprint density at radius 1 is 0.897 bits per heavy atom. The highest BCUT2D eigenvalue weighted by atomic mass is 19.1. The van der Waals surface area contributed by atoms with E-state index in [0.29, 0.717) is 16.5 Å². The van der Waals surface area contributed by atoms with Gasteiger partial charge in [-0.3, -0.25) is 4.79 Å². The molecule has 29 heavy (non-hydrogen) atoms. The predicted octanol–water partition coefficient (Wildman–Crippen LogP) is 5.44. The van der Waals surface area contributed by atoms with Gasteiger partial charge in [-0.25, -0.2) is 9.18 Å². The second-order valence-corrected chi connectivity index (χ2v) is 6.85. The van der Waals surface area contributed by atoms with E-state index in [1.165, 1.54) is 12.1 Å². The number of halogens is 1. The third-order valence-electron chi connectivity index (χ3n) is 4.59. The van der Waals surface area contributed by atoms with E-state index in [1.54, 1.807) is 30.3 Å². The Kier molecular flexibility index (Phi) is 4.72. The van der Waals surface area contributed by atoms with Crippen LogP contribution in [-0.2, 0) is 0 Å². The second-order valence-electron chi connectivity index (χ2n) is 6.85. The van der Waals surface area contributed by atoms with Crippen molar-refractivity contribution in [3.63, 3.8) is 0 Å². The van der Waals surface area contributed by atoms with Crippen molar-refractivity contribution >= 4 is 16.9 Å². The van der Waals surface area contributed by atoms with Crippen molar-refractivity contribution in [1.29, 1.82) is 0 Å². The van der Waals surface area contributed by atoms with Gasteiger partial charge in [-0.15, -0.1) is 0 Å². The highest BCUT2D eigenvalue weighted by molar-refractivity contribution is 5.93. The summed E-state index contributed by atoms with van der Waals surface area (Å²) in [5.74, 6) is -1.26. The van der Waals surface area contributed by atoms with Crippen LogP contribution in [0.5, 0.6) is 5.75 Å². The summed E-state index contributed by atoms with van der Waals surface area (Å²) in [5, 5.41) is 0.313. The molecule has 144 valence electrons. The molecule has 0 saturated heterocycles. The molecule has 1 heterocycles. The molecule has 0 amide bonds. The van der Waals surface area contributed by atoms with E-state index in [4.69, 9.17) is 9.15 Å². The quantitative estimate of drug-likeness (QED) is 0.439. The fraction of sp³-hybridized carbons (Fsp3) is 0.0833. The van der Waals surface area contributed by atoms with Crippen molar-refractivity contribution in [3.05, 3.63) is 99.5 Å². The Balaban J connectivity index is 1.89. The summed E-state index contributed by atoms with van der Waals surface area (Å²) in [5.41, 5.74) is 2.68. The molecule has 0 fully saturated rings. The fourth-order valence-corrected chi connectivity index (χ4v) is 3.01. The normalized spacial score (nSPS) is 10.9. The maximum absolute atomic E-state index is 13.1. The number of aryl methyl sites for hydroxylation is 2. The summed E-state index contributed by atoms with van der Waals surface area (Å²) in [6.45, 7) is 3.84. The lowest BCUT2D eigenvalue weighted by Gasteiger charge is -2.11. The monoisotopic (exact) mass is 388 g/mol. The highest BCUT2D eigenvalue weighted by Gasteiger charge is 2.21. The number of hydrogen-bond acceptors (Lipinski definition) is 4. The van der Waals surface area contributed by atoms with Crippen molar-refractivity contribution in [2.45, 2.75) is 13.8 Å². The standard InChI is InChI=1S/C24H17FO4/c1-14-3-6-16(7-4-14)22-23(29-24(27)17-8-10-18(25)11-9-17)21(26)19-12-5-15(2)13-20(19)28-22/h3-13H,1-2H3. The zero-order valence-corrected chi connectivity index (χ0v) is 15.9. The summed E-state index contributed by atoms with van der Waals surface area (Å²) in [7, 11) is 0. The lowest BCUT2D eigenvalue weighted by atomic mass is 10.1. The first-order chi connectivity index (χ1) is 13.9. The molecule has 3 aromatic carbocycles. The van der Waals surface area contributed by atoms with Gasteiger partial charge in [-0.1, -0.05) is 35.9 Å². The molecule has 1 aromatic heterocycles. The zero-order valence-electron chi connectivity index (χ0n) is 15.9. The highest BCUT2D eigenvalue weighted by Crippen LogP contribution is 2.32. The molecule has 0 aliphatic heterocycles. The average Bonchev–Trinajstić information content (AvgIpc) is 2.71. The van der Waals surface area contributed by atoms with Gasteiger partial charge in [0.1, 0.15) is 11.4 Å². The van der Waals surface area contributed by atoms with Crippen LogP contribution in [0.2, 0.25) is 0 Å². The molecular weight excluding hydrogens is 371 g/mol. The summed E-state index contributed by atoms with van der Waals surface area (Å²) >= 11 is 0. The van der Waals surface area contributed by atoms with Crippen LogP contribution in [0.1, 0.15) is 21.5 Å². The molecule has 4 nitrogen and oxygen atoms in total. The molecular formula is C24H17FO4. The lowest BCUT2D eigenvalue weighted by molar-refractivity contribution is 0.0731. The predicted molar refractivity (Wildman–Crippen MR) is 109 cm³/mol. The molecule has 0 aliphatic rings. The molecule has 5 heteroatoms. The SMILES string of the molecule is Cc1ccc(-c2oc3cc(C)ccc3c(=O)c2OC(=O)c2ccc(F)cc2)cc1. The van der Waals surface area contributed by atoms with Crippen LogP contribution >= 0.6 is 0 Å². The number of benzene rings is 3. The molecule has 4 rings (SSSR count). The van der Waals surface area contributed by atoms with Crippen LogP contribution < -0.4 is 10.2 Å². The van der Waals surface area contributed by atoms with Crippen LogP contribution in [0.4, 0.5) is 4.39 Å². The van der Waals surface area contributed by atoms with Crippen LogP contribution in [0, 0.1) is 19.7 Å². The Morgan fingerprint density at radius 3 is 2.24 bits per heavy atom. The van der Waals surface area contributed by atoms with Crippen molar-refractivity contribution in [2.24, 2.45) is 0 Å². The van der Waals surface area contributed by atoms with E-state index >= 15 is 0 Å². The molecule has 0 saturated carbocycles. The minimum Gasteiger partial charge on any atom is -0.452 e. The van der Waals surface area contributed by atoms with E-state index in [9.17, 15) is 14.0 Å². The zero-order chi connectivity index (χ0) is 20.5. The van der Waals surface area contributed by atoms with Gasteiger partial charge in [-0.2, -0.15) is 0 Å². The second kappa shape index (κ2) is 7.36. The number of ether oxygens (including phenoxy) is 1. The number of rotatable bonds is 3. The van der Waals surface area contributed by atoms with E-state index in [1.807, 2.05) is 26.0 Å². The van der Waals surface area contributed by atoms with Gasteiger partial charge in [0, 0.05) is 5.56 Å². The summed E-state index contributed by atoms with van der Waals surface area (Å²) in [6.07, 6.45) is 0. The fourth-order valence-electron chi connectivity index (χ4n) is 3.01. The maximum Gasteiger partial charge on any atom is 0.343 e. The van der Waals surface area contributed by atoms with Gasteiger partial charge in [0.25, 0.3) is 0 Å². The van der Waals surface area contributed by atoms with Gasteiger partial charge in [0.05, 0.1) is 10.9 Å². The van der Waals surface area contributed by atoms with Gasteiger partial charge in [0.15, 0.2) is 5.76 Å². The molecule has 0 spiro atoms. The van der Waals surface area contributed by atoms with Crippen LogP contribution in [0.15, 0.2) is 75.9 Å². The minimum atomic E-state index is -0.767. The number of carbonyl (C=O) groups excluding carboxylic acids is 1. The van der Waals surface area contributed by atoms with Crippen LogP contribution in [-0.4, -0.2) is 5.97 Å². The van der Waals surface area contributed by atoms with Crippen molar-refractivity contribution < 1.29 is 18.3 Å². The Bertz CT molecular complexity index is 1270. The van der Waals surface area contributed by atoms with Crippen LogP contribution in [0.3, 0.4) is 0 Å². The molecule has 0 atom stereocenters. The van der Waals surface area contributed by atoms with Crippen molar-refractivity contribution in [3.8, 4) is 17.1 Å². The summed E-state index contributed by atoms with van der Waals surface area (Å²) < 4.78 is 24.6. The van der Waals surface area contributed by atoms with Crippen LogP contribution in [0.25, 0.3) is 22.3 Å². The van der Waals surface area contributed by atoms with E-state index < -0.39 is 17.2 Å². The Morgan fingerprint density at radius 2 is 1.55 bits per heavy atom. The lowest BCUT2D eigenvalue weighted by Crippen LogP contribution is -2.16. The smallest absolute Gasteiger partial charge is 0.343 e. The first kappa shape index (κ1) is 18.6. The number of hydrogen-bond donors (Lipinski definition) is 0. The van der Waals surface area contributed by atoms with E-state index in [2.05, 4.69) is 0 Å².